The summed E-state index contributed by atoms with van der Waals surface area (Å²) in [4.78, 5) is 1.18. The summed E-state index contributed by atoms with van der Waals surface area (Å²) in [5, 5.41) is 3.81. The number of ether oxygens (including phenoxy) is 1. The van der Waals surface area contributed by atoms with Gasteiger partial charge in [0.05, 0.1) is 23.8 Å². The van der Waals surface area contributed by atoms with Crippen LogP contribution in [-0.4, -0.2) is 12.3 Å². The van der Waals surface area contributed by atoms with Crippen molar-refractivity contribution in [2.75, 3.05) is 12.0 Å². The summed E-state index contributed by atoms with van der Waals surface area (Å²) < 4.78 is 148. The number of alkyl halides is 9. The van der Waals surface area contributed by atoms with Gasteiger partial charge in [-0.2, -0.15) is 39.5 Å². The molecule has 3 aromatic carbocycles. The van der Waals surface area contributed by atoms with Gasteiger partial charge in [0.2, 0.25) is 0 Å². The topological polar surface area (TPSA) is 38.5 Å². The van der Waals surface area contributed by atoms with E-state index in [1.807, 2.05) is 0 Å². The molecule has 0 N–H and O–H groups in total. The summed E-state index contributed by atoms with van der Waals surface area (Å²) in [6.45, 7) is 2.04. The Kier molecular flexibility index (Phi) is 8.94. The lowest BCUT2D eigenvalue weighted by Crippen LogP contribution is -2.24. The molecular weight excluding hydrogens is 610 g/mol. The molecule has 0 spiro atoms. The van der Waals surface area contributed by atoms with Crippen LogP contribution in [0.3, 0.4) is 0 Å². The molecular formula is C30H24F10N2O2. The van der Waals surface area contributed by atoms with E-state index in [1.54, 1.807) is 6.92 Å². The van der Waals surface area contributed by atoms with Crippen molar-refractivity contribution in [1.29, 1.82) is 0 Å². The molecule has 14 heteroatoms. The first-order valence-corrected chi connectivity index (χ1v) is 12.9. The van der Waals surface area contributed by atoms with E-state index in [0.717, 1.165) is 24.3 Å². The summed E-state index contributed by atoms with van der Waals surface area (Å²) in [7, 11) is 1.24. The van der Waals surface area contributed by atoms with Gasteiger partial charge < -0.3 is 14.2 Å². The van der Waals surface area contributed by atoms with Crippen molar-refractivity contribution in [2.45, 2.75) is 51.9 Å². The fraction of sp³-hybridized carbons (Fsp3) is 0.300. The standard InChI is InChI=1S/C30H24F10N2O2/c1-4-18-11-24(26(43-3)13-25(18)31)23-6-5-20(28(32,33)34)10-19(23)15-42(27-7-16(2)44-41-27)14-17-8-21(29(35,36)37)12-22(9-17)30(38,39)40/h5-13H,4,14-15H2,1-3H3. The van der Waals surface area contributed by atoms with Gasteiger partial charge in [0, 0.05) is 30.8 Å². The molecule has 1 aromatic heterocycles. The Morgan fingerprint density at radius 1 is 0.727 bits per heavy atom. The predicted octanol–water partition coefficient (Wildman–Crippen LogP) is 9.62. The van der Waals surface area contributed by atoms with Gasteiger partial charge in [0.25, 0.3) is 0 Å². The molecule has 4 rings (SSSR count). The molecule has 0 saturated carbocycles. The summed E-state index contributed by atoms with van der Waals surface area (Å²) >= 11 is 0. The molecule has 0 aliphatic rings. The minimum Gasteiger partial charge on any atom is -0.496 e. The van der Waals surface area contributed by atoms with Gasteiger partial charge in [-0.3, -0.25) is 0 Å². The number of rotatable bonds is 8. The van der Waals surface area contributed by atoms with E-state index in [1.165, 1.54) is 31.1 Å². The number of hydrogen-bond donors (Lipinski definition) is 0. The van der Waals surface area contributed by atoms with Crippen molar-refractivity contribution in [3.8, 4) is 16.9 Å². The van der Waals surface area contributed by atoms with E-state index >= 15 is 0 Å². The average Bonchev–Trinajstić information content (AvgIpc) is 3.37. The van der Waals surface area contributed by atoms with Gasteiger partial charge >= 0.3 is 18.5 Å². The Labute approximate surface area is 244 Å². The SMILES string of the molecule is CCc1cc(-c2ccc(C(F)(F)F)cc2CN(Cc2cc(C(F)(F)F)cc(C(F)(F)F)c2)c2cc(C)on2)c(OC)cc1F. The third-order valence-corrected chi connectivity index (χ3v) is 6.79. The summed E-state index contributed by atoms with van der Waals surface area (Å²) in [6.07, 6.45) is -14.8. The van der Waals surface area contributed by atoms with Crippen LogP contribution in [0.5, 0.6) is 5.75 Å². The van der Waals surface area contributed by atoms with Crippen molar-refractivity contribution in [2.24, 2.45) is 0 Å². The second-order valence-corrected chi connectivity index (χ2v) is 9.93. The molecule has 0 radical (unpaired) electrons. The maximum atomic E-state index is 14.5. The van der Waals surface area contributed by atoms with Crippen LogP contribution < -0.4 is 9.64 Å². The van der Waals surface area contributed by atoms with Gasteiger partial charge in [-0.15, -0.1) is 0 Å². The molecule has 236 valence electrons. The number of aryl methyl sites for hydroxylation is 2. The second-order valence-electron chi connectivity index (χ2n) is 9.93. The van der Waals surface area contributed by atoms with Crippen LogP contribution in [0.1, 0.15) is 46.1 Å². The van der Waals surface area contributed by atoms with E-state index < -0.39 is 59.7 Å². The molecule has 0 aliphatic heterocycles. The number of halogens is 10. The number of methoxy groups -OCH3 is 1. The van der Waals surface area contributed by atoms with Crippen LogP contribution in [0, 0.1) is 12.7 Å². The van der Waals surface area contributed by atoms with Gasteiger partial charge in [-0.05, 0) is 72.0 Å². The zero-order valence-corrected chi connectivity index (χ0v) is 23.3. The van der Waals surface area contributed by atoms with Crippen molar-refractivity contribution >= 4 is 5.82 Å². The van der Waals surface area contributed by atoms with E-state index in [-0.39, 0.29) is 52.1 Å². The van der Waals surface area contributed by atoms with Gasteiger partial charge in [0.1, 0.15) is 17.3 Å². The number of aromatic nitrogens is 1. The molecule has 1 heterocycles. The Balaban J connectivity index is 1.91. The largest absolute Gasteiger partial charge is 0.496 e. The molecule has 44 heavy (non-hydrogen) atoms. The lowest BCUT2D eigenvalue weighted by atomic mass is 9.94. The van der Waals surface area contributed by atoms with Gasteiger partial charge in [0.15, 0.2) is 5.82 Å². The summed E-state index contributed by atoms with van der Waals surface area (Å²) in [5.41, 5.74) is -4.03. The number of hydrogen-bond acceptors (Lipinski definition) is 4. The molecule has 0 fully saturated rings. The zero-order chi connectivity index (χ0) is 32.6. The van der Waals surface area contributed by atoms with Crippen molar-refractivity contribution < 1.29 is 53.2 Å². The number of nitrogens with zero attached hydrogens (tertiary/aromatic N) is 2. The third-order valence-electron chi connectivity index (χ3n) is 6.79. The monoisotopic (exact) mass is 634 g/mol. The Morgan fingerprint density at radius 2 is 1.34 bits per heavy atom. The Hall–Kier alpha value is -4.23. The molecule has 0 bridgehead atoms. The van der Waals surface area contributed by atoms with Crippen molar-refractivity contribution in [3.05, 3.63) is 99.6 Å². The first-order chi connectivity index (χ1) is 20.4. The smallest absolute Gasteiger partial charge is 0.416 e. The normalized spacial score (nSPS) is 12.5. The minimum absolute atomic E-state index is 0.00256. The second kappa shape index (κ2) is 12.0. The third kappa shape index (κ3) is 7.28. The van der Waals surface area contributed by atoms with Crippen LogP contribution in [0.15, 0.2) is 59.1 Å². The zero-order valence-electron chi connectivity index (χ0n) is 23.3. The molecule has 0 saturated heterocycles. The molecule has 0 atom stereocenters. The van der Waals surface area contributed by atoms with E-state index in [2.05, 4.69) is 5.16 Å². The van der Waals surface area contributed by atoms with Gasteiger partial charge in [-0.25, -0.2) is 4.39 Å². The first-order valence-electron chi connectivity index (χ1n) is 12.9. The highest BCUT2D eigenvalue weighted by Gasteiger charge is 2.37. The minimum atomic E-state index is -5.12. The molecule has 4 aromatic rings. The molecule has 0 aliphatic carbocycles. The Morgan fingerprint density at radius 3 is 1.84 bits per heavy atom. The van der Waals surface area contributed by atoms with E-state index in [4.69, 9.17) is 9.26 Å². The van der Waals surface area contributed by atoms with Crippen LogP contribution in [0.4, 0.5) is 49.7 Å². The molecule has 0 amide bonds. The molecule has 0 unspecified atom stereocenters. The summed E-state index contributed by atoms with van der Waals surface area (Å²) in [6, 6.07) is 7.60. The predicted molar refractivity (Wildman–Crippen MR) is 140 cm³/mol. The fourth-order valence-corrected chi connectivity index (χ4v) is 4.67. The van der Waals surface area contributed by atoms with Crippen LogP contribution in [-0.2, 0) is 38.0 Å². The first kappa shape index (κ1) is 32.7. The van der Waals surface area contributed by atoms with Crippen LogP contribution in [0.25, 0.3) is 11.1 Å². The van der Waals surface area contributed by atoms with Crippen molar-refractivity contribution in [1.82, 2.24) is 5.16 Å². The lowest BCUT2D eigenvalue weighted by molar-refractivity contribution is -0.143. The van der Waals surface area contributed by atoms with E-state index in [0.29, 0.717) is 12.1 Å². The highest BCUT2D eigenvalue weighted by molar-refractivity contribution is 5.75. The van der Waals surface area contributed by atoms with Crippen LogP contribution >= 0.6 is 0 Å². The average molecular weight is 635 g/mol. The van der Waals surface area contributed by atoms with Crippen molar-refractivity contribution in [3.63, 3.8) is 0 Å². The van der Waals surface area contributed by atoms with Gasteiger partial charge in [-0.1, -0.05) is 18.1 Å². The Bertz CT molecular complexity index is 1610. The maximum Gasteiger partial charge on any atom is 0.416 e. The highest BCUT2D eigenvalue weighted by atomic mass is 19.4. The summed E-state index contributed by atoms with van der Waals surface area (Å²) in [5.74, 6) is -0.442. The highest BCUT2D eigenvalue weighted by Crippen LogP contribution is 2.40. The van der Waals surface area contributed by atoms with Crippen LogP contribution in [0.2, 0.25) is 0 Å². The molecule has 4 nitrogen and oxygen atoms in total. The lowest BCUT2D eigenvalue weighted by Gasteiger charge is -2.26. The number of benzene rings is 3. The van der Waals surface area contributed by atoms with E-state index in [9.17, 15) is 43.9 Å². The number of anilines is 1. The maximum absolute atomic E-state index is 14.5. The quantitative estimate of drug-likeness (QED) is 0.181. The fourth-order valence-electron chi connectivity index (χ4n) is 4.67.